The van der Waals surface area contributed by atoms with E-state index in [9.17, 15) is 19.5 Å². The van der Waals surface area contributed by atoms with Gasteiger partial charge in [0.15, 0.2) is 0 Å². The van der Waals surface area contributed by atoms with E-state index in [1.54, 1.807) is 42.0 Å². The lowest BCUT2D eigenvalue weighted by Gasteiger charge is -2.35. The summed E-state index contributed by atoms with van der Waals surface area (Å²) in [5, 5.41) is 16.0. The van der Waals surface area contributed by atoms with Gasteiger partial charge in [-0.25, -0.2) is 4.79 Å². The van der Waals surface area contributed by atoms with Crippen LogP contribution in [0.4, 0.5) is 16.2 Å². The second kappa shape index (κ2) is 18.5. The van der Waals surface area contributed by atoms with Crippen LogP contribution in [0.3, 0.4) is 0 Å². The summed E-state index contributed by atoms with van der Waals surface area (Å²) >= 11 is 0. The van der Waals surface area contributed by atoms with E-state index in [1.165, 1.54) is 0 Å². The monoisotopic (exact) mass is 639 g/mol. The van der Waals surface area contributed by atoms with Gasteiger partial charge in [-0.05, 0) is 90.5 Å². The van der Waals surface area contributed by atoms with Crippen LogP contribution in [0, 0.1) is 5.92 Å². The third kappa shape index (κ3) is 11.6. The Hall–Kier alpha value is -3.67. The standard InChI is InChI=1S/C35H53N5O6/c1-25-22-40(26(2)24-41)34(43)30-21-29(36-33(42)16-12-19-38(4)5)17-18-31(30)46-27(3)13-10-11-20-45-32(25)23-39(6)35(44)37-28-14-8-7-9-15-28/h7-9,14-15,17-18,21,25-27,32,41H,10-13,16,19-20,22-24H2,1-6H3,(H,36,42)(H,37,44)/t25-,26+,27+,32-/m0/s1. The molecular formula is C35H53N5O6. The number of nitrogens with one attached hydrogen (secondary N) is 2. The Morgan fingerprint density at radius 1 is 1.04 bits per heavy atom. The molecule has 0 fully saturated rings. The Morgan fingerprint density at radius 3 is 2.48 bits per heavy atom. The number of rotatable bonds is 10. The smallest absolute Gasteiger partial charge is 0.321 e. The van der Waals surface area contributed by atoms with Crippen LogP contribution in [-0.4, -0.2) is 110 Å². The molecule has 46 heavy (non-hydrogen) atoms. The molecule has 0 bridgehead atoms. The van der Waals surface area contributed by atoms with Crippen LogP contribution in [0.15, 0.2) is 48.5 Å². The summed E-state index contributed by atoms with van der Waals surface area (Å²) in [4.78, 5) is 45.2. The number of para-hydroxylation sites is 1. The van der Waals surface area contributed by atoms with Crippen LogP contribution in [0.2, 0.25) is 0 Å². The summed E-state index contributed by atoms with van der Waals surface area (Å²) in [6, 6.07) is 13.7. The molecule has 4 atom stereocenters. The van der Waals surface area contributed by atoms with E-state index in [1.807, 2.05) is 63.2 Å². The summed E-state index contributed by atoms with van der Waals surface area (Å²) < 4.78 is 12.6. The van der Waals surface area contributed by atoms with Crippen LogP contribution in [0.25, 0.3) is 0 Å². The van der Waals surface area contributed by atoms with Gasteiger partial charge in [-0.2, -0.15) is 0 Å². The van der Waals surface area contributed by atoms with Gasteiger partial charge in [0.2, 0.25) is 5.91 Å². The summed E-state index contributed by atoms with van der Waals surface area (Å²) in [5.41, 5.74) is 1.53. The molecule has 1 heterocycles. The first-order valence-corrected chi connectivity index (χ1v) is 16.3. The molecule has 11 nitrogen and oxygen atoms in total. The van der Waals surface area contributed by atoms with E-state index in [4.69, 9.17) is 9.47 Å². The van der Waals surface area contributed by atoms with E-state index in [-0.39, 0.29) is 49.1 Å². The molecule has 11 heteroatoms. The number of urea groups is 1. The van der Waals surface area contributed by atoms with Gasteiger partial charge in [0.1, 0.15) is 5.75 Å². The van der Waals surface area contributed by atoms with Crippen LogP contribution in [0.5, 0.6) is 5.75 Å². The highest BCUT2D eigenvalue weighted by atomic mass is 16.5. The number of anilines is 2. The van der Waals surface area contributed by atoms with Gasteiger partial charge in [0.25, 0.3) is 5.91 Å². The van der Waals surface area contributed by atoms with Gasteiger partial charge in [0, 0.05) is 50.5 Å². The molecule has 0 aromatic heterocycles. The first kappa shape index (κ1) is 36.8. The number of likely N-dealkylation sites (N-methyl/N-ethyl adjacent to an activating group) is 1. The molecule has 0 spiro atoms. The first-order valence-electron chi connectivity index (χ1n) is 16.3. The minimum atomic E-state index is -0.503. The highest BCUT2D eigenvalue weighted by Crippen LogP contribution is 2.28. The minimum absolute atomic E-state index is 0.126. The van der Waals surface area contributed by atoms with Gasteiger partial charge in [-0.3, -0.25) is 9.59 Å². The van der Waals surface area contributed by atoms with Crippen molar-refractivity contribution >= 4 is 29.2 Å². The normalized spacial score (nSPS) is 20.2. The molecule has 3 rings (SSSR count). The SMILES string of the molecule is C[C@@H]1CCCCO[C@@H](CN(C)C(=O)Nc2ccccc2)[C@@H](C)CN([C@H](C)CO)C(=O)c2cc(NC(=O)CCCN(C)C)ccc2O1. The summed E-state index contributed by atoms with van der Waals surface area (Å²) in [5.74, 6) is -0.187. The van der Waals surface area contributed by atoms with E-state index in [0.717, 1.165) is 32.2 Å². The Morgan fingerprint density at radius 2 is 1.78 bits per heavy atom. The van der Waals surface area contributed by atoms with Gasteiger partial charge in [-0.1, -0.05) is 25.1 Å². The number of carbonyl (C=O) groups is 3. The lowest BCUT2D eigenvalue weighted by Crippen LogP contribution is -2.48. The molecule has 0 saturated carbocycles. The maximum atomic E-state index is 14.3. The summed E-state index contributed by atoms with van der Waals surface area (Å²) in [6.07, 6.45) is 3.00. The lowest BCUT2D eigenvalue weighted by atomic mass is 10.0. The Kier molecular flexibility index (Phi) is 14.8. The van der Waals surface area contributed by atoms with E-state index >= 15 is 0 Å². The number of carbonyl (C=O) groups excluding carboxylic acids is 3. The molecule has 0 radical (unpaired) electrons. The number of benzene rings is 2. The van der Waals surface area contributed by atoms with Crippen molar-refractivity contribution in [3.63, 3.8) is 0 Å². The van der Waals surface area contributed by atoms with Crippen molar-refractivity contribution in [3.05, 3.63) is 54.1 Å². The van der Waals surface area contributed by atoms with E-state index in [2.05, 4.69) is 10.6 Å². The quantitative estimate of drug-likeness (QED) is 0.337. The van der Waals surface area contributed by atoms with Crippen molar-refractivity contribution in [1.82, 2.24) is 14.7 Å². The van der Waals surface area contributed by atoms with E-state index in [0.29, 0.717) is 42.3 Å². The molecule has 1 aliphatic heterocycles. The fraction of sp³-hybridized carbons (Fsp3) is 0.571. The molecule has 2 aromatic carbocycles. The number of amides is 4. The highest BCUT2D eigenvalue weighted by Gasteiger charge is 2.31. The molecule has 2 aromatic rings. The second-order valence-electron chi connectivity index (χ2n) is 12.6. The van der Waals surface area contributed by atoms with Crippen LogP contribution >= 0.6 is 0 Å². The molecule has 0 saturated heterocycles. The van der Waals surface area contributed by atoms with Crippen molar-refractivity contribution in [2.45, 2.75) is 71.1 Å². The molecule has 4 amide bonds. The second-order valence-corrected chi connectivity index (χ2v) is 12.6. The summed E-state index contributed by atoms with van der Waals surface area (Å²) in [7, 11) is 5.66. The number of hydrogen-bond donors (Lipinski definition) is 3. The molecule has 0 aliphatic carbocycles. The number of fused-ring (bicyclic) bond motifs is 1. The predicted molar refractivity (Wildman–Crippen MR) is 181 cm³/mol. The van der Waals surface area contributed by atoms with Gasteiger partial charge in [-0.15, -0.1) is 0 Å². The fourth-order valence-electron chi connectivity index (χ4n) is 5.34. The number of nitrogens with zero attached hydrogens (tertiary/aromatic N) is 3. The molecule has 0 unspecified atom stereocenters. The summed E-state index contributed by atoms with van der Waals surface area (Å²) in [6.45, 7) is 7.42. The first-order chi connectivity index (χ1) is 22.0. The Labute approximate surface area is 274 Å². The zero-order valence-electron chi connectivity index (χ0n) is 28.3. The zero-order valence-corrected chi connectivity index (χ0v) is 28.3. The number of aliphatic hydroxyl groups excluding tert-OH is 1. The largest absolute Gasteiger partial charge is 0.490 e. The number of hydrogen-bond acceptors (Lipinski definition) is 7. The molecule has 1 aliphatic rings. The van der Waals surface area contributed by atoms with Gasteiger partial charge in [0.05, 0.1) is 30.4 Å². The predicted octanol–water partition coefficient (Wildman–Crippen LogP) is 4.93. The number of aliphatic hydroxyl groups is 1. The Bertz CT molecular complexity index is 1260. The van der Waals surface area contributed by atoms with Crippen LogP contribution in [-0.2, 0) is 9.53 Å². The molecule has 3 N–H and O–H groups in total. The zero-order chi connectivity index (χ0) is 33.6. The minimum Gasteiger partial charge on any atom is -0.490 e. The van der Waals surface area contributed by atoms with Gasteiger partial charge < -0.3 is 39.9 Å². The van der Waals surface area contributed by atoms with Crippen LogP contribution < -0.4 is 15.4 Å². The third-order valence-electron chi connectivity index (χ3n) is 8.17. The van der Waals surface area contributed by atoms with Crippen molar-refractivity contribution in [3.8, 4) is 5.75 Å². The van der Waals surface area contributed by atoms with Crippen molar-refractivity contribution in [1.29, 1.82) is 0 Å². The van der Waals surface area contributed by atoms with Crippen LogP contribution in [0.1, 0.15) is 63.2 Å². The third-order valence-corrected chi connectivity index (χ3v) is 8.17. The molecular weight excluding hydrogens is 586 g/mol. The van der Waals surface area contributed by atoms with Crippen molar-refractivity contribution < 1.29 is 29.0 Å². The van der Waals surface area contributed by atoms with Gasteiger partial charge >= 0.3 is 6.03 Å². The average Bonchev–Trinajstić information content (AvgIpc) is 3.02. The Balaban J connectivity index is 1.86. The van der Waals surface area contributed by atoms with E-state index < -0.39 is 6.04 Å². The average molecular weight is 640 g/mol. The number of ether oxygens (including phenoxy) is 2. The lowest BCUT2D eigenvalue weighted by molar-refractivity contribution is -0.116. The van der Waals surface area contributed by atoms with Crippen molar-refractivity contribution in [2.24, 2.45) is 5.92 Å². The highest BCUT2D eigenvalue weighted by molar-refractivity contribution is 5.99. The fourth-order valence-corrected chi connectivity index (χ4v) is 5.34. The topological polar surface area (TPSA) is 124 Å². The maximum Gasteiger partial charge on any atom is 0.321 e. The molecule has 254 valence electrons. The van der Waals surface area contributed by atoms with Crippen molar-refractivity contribution in [2.75, 3.05) is 64.6 Å². The maximum absolute atomic E-state index is 14.3.